The monoisotopic (exact) mass is 362 g/mol. The van der Waals surface area contributed by atoms with Gasteiger partial charge in [0.15, 0.2) is 16.8 Å². The van der Waals surface area contributed by atoms with Crippen molar-refractivity contribution in [2.75, 3.05) is 0 Å². The van der Waals surface area contributed by atoms with Crippen LogP contribution < -0.4 is 10.1 Å². The lowest BCUT2D eigenvalue weighted by atomic mass is 10.2. The summed E-state index contributed by atoms with van der Waals surface area (Å²) in [5, 5.41) is 2.54. The Bertz CT molecular complexity index is 946. The van der Waals surface area contributed by atoms with Gasteiger partial charge in [-0.2, -0.15) is 13.2 Å². The third kappa shape index (κ3) is 3.85. The molecule has 26 heavy (non-hydrogen) atoms. The number of alkyl halides is 3. The van der Waals surface area contributed by atoms with Gasteiger partial charge in [-0.3, -0.25) is 4.79 Å². The number of hydrogen-bond donors (Lipinski definition) is 1. The number of carbonyl (C=O) groups is 1. The van der Waals surface area contributed by atoms with Crippen LogP contribution in [0.25, 0.3) is 11.1 Å². The minimum absolute atomic E-state index is 0.0687. The first-order valence-electron chi connectivity index (χ1n) is 7.50. The van der Waals surface area contributed by atoms with Crippen LogP contribution in [0, 0.1) is 0 Å². The average Bonchev–Trinajstić information content (AvgIpc) is 3.03. The highest BCUT2D eigenvalue weighted by Crippen LogP contribution is 2.33. The number of ether oxygens (including phenoxy) is 1. The number of rotatable bonds is 5. The standard InChI is InChI=1S/C18H13F3N2O3/c1-2-15(24)22-10-16-23-17-13(4-3-5-14(17)26-16)25-12-8-6-11(7-9-12)18(19,20)21/h2-9H,1,10H2,(H,22,24). The summed E-state index contributed by atoms with van der Waals surface area (Å²) in [6, 6.07) is 9.29. The second-order valence-corrected chi connectivity index (χ2v) is 5.26. The van der Waals surface area contributed by atoms with Gasteiger partial charge in [0, 0.05) is 0 Å². The molecule has 0 aliphatic heterocycles. The molecule has 8 heteroatoms. The highest BCUT2D eigenvalue weighted by molar-refractivity contribution is 5.86. The van der Waals surface area contributed by atoms with Crippen LogP contribution in [0.1, 0.15) is 11.5 Å². The maximum Gasteiger partial charge on any atom is 0.416 e. The number of amides is 1. The van der Waals surface area contributed by atoms with E-state index >= 15 is 0 Å². The maximum atomic E-state index is 12.6. The summed E-state index contributed by atoms with van der Waals surface area (Å²) >= 11 is 0. The zero-order chi connectivity index (χ0) is 18.7. The third-order valence-electron chi connectivity index (χ3n) is 3.43. The predicted molar refractivity (Wildman–Crippen MR) is 87.6 cm³/mol. The topological polar surface area (TPSA) is 64.4 Å². The van der Waals surface area contributed by atoms with Gasteiger partial charge in [-0.05, 0) is 42.5 Å². The van der Waals surface area contributed by atoms with Crippen LogP contribution in [-0.4, -0.2) is 10.9 Å². The molecule has 0 unspecified atom stereocenters. The summed E-state index contributed by atoms with van der Waals surface area (Å²) in [5.41, 5.74) is 0.0669. The molecule has 0 aliphatic rings. The minimum atomic E-state index is -4.41. The number of oxazole rings is 1. The number of nitrogens with zero attached hydrogens (tertiary/aromatic N) is 1. The van der Waals surface area contributed by atoms with Crippen LogP contribution in [0.5, 0.6) is 11.5 Å². The maximum absolute atomic E-state index is 12.6. The smallest absolute Gasteiger partial charge is 0.416 e. The van der Waals surface area contributed by atoms with Crippen LogP contribution in [0.3, 0.4) is 0 Å². The number of hydrogen-bond acceptors (Lipinski definition) is 4. The Labute approximate surface area is 146 Å². The second-order valence-electron chi connectivity index (χ2n) is 5.26. The van der Waals surface area contributed by atoms with Crippen molar-refractivity contribution < 1.29 is 27.1 Å². The number of fused-ring (bicyclic) bond motifs is 1. The zero-order valence-corrected chi connectivity index (χ0v) is 13.3. The molecule has 0 radical (unpaired) electrons. The Morgan fingerprint density at radius 1 is 1.23 bits per heavy atom. The van der Waals surface area contributed by atoms with E-state index < -0.39 is 11.7 Å². The molecule has 1 aromatic heterocycles. The highest BCUT2D eigenvalue weighted by atomic mass is 19.4. The molecule has 1 N–H and O–H groups in total. The molecular formula is C18H13F3N2O3. The van der Waals surface area contributed by atoms with E-state index in [0.29, 0.717) is 16.8 Å². The Hall–Kier alpha value is -3.29. The molecule has 0 saturated carbocycles. The number of aromatic nitrogens is 1. The number of benzene rings is 2. The summed E-state index contributed by atoms with van der Waals surface area (Å²) in [5.74, 6) is 0.453. The van der Waals surface area contributed by atoms with E-state index in [4.69, 9.17) is 9.15 Å². The summed E-state index contributed by atoms with van der Waals surface area (Å²) in [4.78, 5) is 15.5. The summed E-state index contributed by atoms with van der Waals surface area (Å²) in [7, 11) is 0. The Morgan fingerprint density at radius 3 is 2.62 bits per heavy atom. The van der Waals surface area contributed by atoms with Crippen LogP contribution in [0.2, 0.25) is 0 Å². The number of carbonyl (C=O) groups excluding carboxylic acids is 1. The first kappa shape index (κ1) is 17.5. The van der Waals surface area contributed by atoms with Crippen molar-refractivity contribution in [1.29, 1.82) is 0 Å². The molecule has 134 valence electrons. The molecule has 0 aliphatic carbocycles. The molecule has 0 saturated heterocycles. The molecule has 1 amide bonds. The van der Waals surface area contributed by atoms with Gasteiger partial charge >= 0.3 is 6.18 Å². The molecule has 0 bridgehead atoms. The zero-order valence-electron chi connectivity index (χ0n) is 13.3. The third-order valence-corrected chi connectivity index (χ3v) is 3.43. The average molecular weight is 362 g/mol. The Kier molecular flexibility index (Phi) is 4.66. The molecule has 3 aromatic rings. The quantitative estimate of drug-likeness (QED) is 0.682. The van der Waals surface area contributed by atoms with Gasteiger partial charge in [-0.15, -0.1) is 0 Å². The molecule has 0 atom stereocenters. The molecule has 3 rings (SSSR count). The fraction of sp³-hybridized carbons (Fsp3) is 0.111. The van der Waals surface area contributed by atoms with Gasteiger partial charge in [-0.25, -0.2) is 4.98 Å². The first-order valence-corrected chi connectivity index (χ1v) is 7.50. The fourth-order valence-corrected chi connectivity index (χ4v) is 2.20. The van der Waals surface area contributed by atoms with Crippen molar-refractivity contribution in [2.24, 2.45) is 0 Å². The van der Waals surface area contributed by atoms with Crippen molar-refractivity contribution in [2.45, 2.75) is 12.7 Å². The van der Waals surface area contributed by atoms with Gasteiger partial charge in [-0.1, -0.05) is 12.6 Å². The van der Waals surface area contributed by atoms with Crippen molar-refractivity contribution in [3.63, 3.8) is 0 Å². The van der Waals surface area contributed by atoms with Gasteiger partial charge in [0.2, 0.25) is 11.8 Å². The summed E-state index contributed by atoms with van der Waals surface area (Å²) < 4.78 is 49.0. The van der Waals surface area contributed by atoms with Gasteiger partial charge in [0.25, 0.3) is 0 Å². The molecule has 0 fully saturated rings. The molecule has 1 heterocycles. The Balaban J connectivity index is 1.82. The SMILES string of the molecule is C=CC(=O)NCc1nc2c(Oc3ccc(C(F)(F)F)cc3)cccc2o1. The second kappa shape index (κ2) is 6.91. The van der Waals surface area contributed by atoms with E-state index in [0.717, 1.165) is 18.2 Å². The number of para-hydroxylation sites is 1. The number of nitrogens with one attached hydrogen (secondary N) is 1. The van der Waals surface area contributed by atoms with Crippen molar-refractivity contribution in [3.05, 3.63) is 66.6 Å². The lowest BCUT2D eigenvalue weighted by Crippen LogP contribution is -2.19. The van der Waals surface area contributed by atoms with E-state index in [1.807, 2.05) is 0 Å². The van der Waals surface area contributed by atoms with Crippen LogP contribution in [0.15, 0.2) is 59.5 Å². The van der Waals surface area contributed by atoms with E-state index in [2.05, 4.69) is 16.9 Å². The summed E-state index contributed by atoms with van der Waals surface area (Å²) in [6.45, 7) is 3.41. The van der Waals surface area contributed by atoms with Crippen LogP contribution in [-0.2, 0) is 17.5 Å². The first-order chi connectivity index (χ1) is 12.4. The lowest BCUT2D eigenvalue weighted by Gasteiger charge is -2.09. The van der Waals surface area contributed by atoms with Crippen LogP contribution in [0.4, 0.5) is 13.2 Å². The fourth-order valence-electron chi connectivity index (χ4n) is 2.20. The van der Waals surface area contributed by atoms with E-state index in [1.165, 1.54) is 12.1 Å². The Morgan fingerprint density at radius 2 is 1.96 bits per heavy atom. The molecule has 0 spiro atoms. The molecular weight excluding hydrogens is 349 g/mol. The highest BCUT2D eigenvalue weighted by Gasteiger charge is 2.30. The van der Waals surface area contributed by atoms with E-state index in [1.54, 1.807) is 18.2 Å². The van der Waals surface area contributed by atoms with Crippen molar-refractivity contribution in [3.8, 4) is 11.5 Å². The van der Waals surface area contributed by atoms with Gasteiger partial charge in [0.1, 0.15) is 5.75 Å². The predicted octanol–water partition coefficient (Wildman–Crippen LogP) is 4.44. The van der Waals surface area contributed by atoms with E-state index in [9.17, 15) is 18.0 Å². The molecule has 5 nitrogen and oxygen atoms in total. The van der Waals surface area contributed by atoms with Crippen molar-refractivity contribution in [1.82, 2.24) is 10.3 Å². The minimum Gasteiger partial charge on any atom is -0.455 e. The molecule has 2 aromatic carbocycles. The van der Waals surface area contributed by atoms with Crippen molar-refractivity contribution >= 4 is 17.0 Å². The van der Waals surface area contributed by atoms with Gasteiger partial charge in [0.05, 0.1) is 12.1 Å². The lowest BCUT2D eigenvalue weighted by molar-refractivity contribution is -0.137. The van der Waals surface area contributed by atoms with Crippen LogP contribution >= 0.6 is 0 Å². The van der Waals surface area contributed by atoms with Gasteiger partial charge < -0.3 is 14.5 Å². The normalized spacial score (nSPS) is 11.3. The summed E-state index contributed by atoms with van der Waals surface area (Å²) in [6.07, 6.45) is -3.28. The largest absolute Gasteiger partial charge is 0.455 e. The number of halogens is 3. The van der Waals surface area contributed by atoms with E-state index in [-0.39, 0.29) is 24.1 Å².